The quantitative estimate of drug-likeness (QED) is 0.480. The smallest absolute Gasteiger partial charge is 0.223 e. The van der Waals surface area contributed by atoms with E-state index in [0.717, 1.165) is 19.3 Å². The van der Waals surface area contributed by atoms with Crippen LogP contribution in [0.15, 0.2) is 0 Å². The van der Waals surface area contributed by atoms with Gasteiger partial charge in [0.05, 0.1) is 0 Å². The van der Waals surface area contributed by atoms with E-state index in [1.165, 1.54) is 12.8 Å². The van der Waals surface area contributed by atoms with E-state index >= 15 is 0 Å². The topological polar surface area (TPSA) is 58.2 Å². The van der Waals surface area contributed by atoms with E-state index in [9.17, 15) is 9.59 Å². The van der Waals surface area contributed by atoms with Crippen LogP contribution in [0.3, 0.4) is 0 Å². The zero-order chi connectivity index (χ0) is 10.2. The fourth-order valence-electron chi connectivity index (χ4n) is 1.79. The zero-order valence-corrected chi connectivity index (χ0v) is 8.42. The Morgan fingerprint density at radius 3 is 2.64 bits per heavy atom. The fraction of sp³-hybridized carbons (Fsp3) is 0.800. The predicted molar refractivity (Wildman–Crippen MR) is 53.7 cm³/mol. The Morgan fingerprint density at radius 2 is 2.00 bits per heavy atom. The second-order valence-corrected chi connectivity index (χ2v) is 3.70. The number of nitrogens with one attached hydrogen (secondary N) is 2. The maximum atomic E-state index is 11.5. The highest BCUT2D eigenvalue weighted by Gasteiger charge is 2.21. The summed E-state index contributed by atoms with van der Waals surface area (Å²) < 4.78 is 0. The van der Waals surface area contributed by atoms with Gasteiger partial charge < -0.3 is 10.6 Å². The number of hydrogen-bond acceptors (Lipinski definition) is 2. The number of amides is 2. The minimum atomic E-state index is 0.189. The summed E-state index contributed by atoms with van der Waals surface area (Å²) in [7, 11) is 0. The third kappa shape index (κ3) is 3.77. The first-order valence-corrected chi connectivity index (χ1v) is 5.29. The number of rotatable bonds is 6. The van der Waals surface area contributed by atoms with Crippen molar-refractivity contribution >= 4 is 12.3 Å². The van der Waals surface area contributed by atoms with Gasteiger partial charge in [-0.15, -0.1) is 0 Å². The molecule has 14 heavy (non-hydrogen) atoms. The molecule has 0 saturated heterocycles. The molecule has 0 aromatic carbocycles. The molecule has 4 nitrogen and oxygen atoms in total. The van der Waals surface area contributed by atoms with E-state index in [0.29, 0.717) is 19.5 Å². The first-order chi connectivity index (χ1) is 6.84. The Morgan fingerprint density at radius 1 is 1.29 bits per heavy atom. The van der Waals surface area contributed by atoms with Crippen molar-refractivity contribution in [3.63, 3.8) is 0 Å². The molecule has 1 rings (SSSR count). The van der Waals surface area contributed by atoms with Gasteiger partial charge in [-0.1, -0.05) is 12.8 Å². The van der Waals surface area contributed by atoms with E-state index in [4.69, 9.17) is 0 Å². The predicted octanol–water partition coefficient (Wildman–Crippen LogP) is 0.429. The van der Waals surface area contributed by atoms with Crippen LogP contribution >= 0.6 is 0 Å². The first-order valence-electron chi connectivity index (χ1n) is 5.29. The number of hydrogen-bond donors (Lipinski definition) is 2. The van der Waals surface area contributed by atoms with Crippen LogP contribution in [0.2, 0.25) is 0 Å². The average Bonchev–Trinajstić information content (AvgIpc) is 2.70. The monoisotopic (exact) mass is 198 g/mol. The van der Waals surface area contributed by atoms with E-state index < -0.39 is 0 Å². The van der Waals surface area contributed by atoms with Crippen molar-refractivity contribution in [3.8, 4) is 0 Å². The lowest BCUT2D eigenvalue weighted by Crippen LogP contribution is -2.31. The molecule has 80 valence electrons. The Labute approximate surface area is 84.4 Å². The maximum absolute atomic E-state index is 11.5. The summed E-state index contributed by atoms with van der Waals surface area (Å²) in [5.41, 5.74) is 0. The summed E-state index contributed by atoms with van der Waals surface area (Å²) in [5, 5.41) is 5.45. The third-order valence-electron chi connectivity index (χ3n) is 2.61. The lowest BCUT2D eigenvalue weighted by molar-refractivity contribution is -0.124. The molecule has 0 radical (unpaired) electrons. The fourth-order valence-corrected chi connectivity index (χ4v) is 1.79. The summed E-state index contributed by atoms with van der Waals surface area (Å²) >= 11 is 0. The van der Waals surface area contributed by atoms with Crippen LogP contribution in [-0.2, 0) is 9.59 Å². The molecule has 0 atom stereocenters. The first kappa shape index (κ1) is 11.0. The van der Waals surface area contributed by atoms with Crippen molar-refractivity contribution in [2.24, 2.45) is 5.92 Å². The van der Waals surface area contributed by atoms with E-state index in [1.54, 1.807) is 0 Å². The molecule has 1 fully saturated rings. The molecule has 0 aliphatic heterocycles. The van der Waals surface area contributed by atoms with E-state index in [2.05, 4.69) is 10.6 Å². The standard InChI is InChI=1S/C10H18N2O2/c13-8-11-6-3-7-12-10(14)9-4-1-2-5-9/h8-9H,1-7H2,(H,11,13)(H,12,14). The highest BCUT2D eigenvalue weighted by Crippen LogP contribution is 2.24. The van der Waals surface area contributed by atoms with Crippen molar-refractivity contribution in [3.05, 3.63) is 0 Å². The number of carbonyl (C=O) groups is 2. The van der Waals surface area contributed by atoms with Gasteiger partial charge in [0.2, 0.25) is 12.3 Å². The molecule has 1 aliphatic carbocycles. The Kier molecular flexibility index (Phi) is 5.04. The summed E-state index contributed by atoms with van der Waals surface area (Å²) in [6.07, 6.45) is 5.93. The molecule has 0 bridgehead atoms. The molecule has 0 heterocycles. The van der Waals surface area contributed by atoms with Crippen LogP contribution in [0, 0.1) is 5.92 Å². The van der Waals surface area contributed by atoms with Crippen molar-refractivity contribution in [2.45, 2.75) is 32.1 Å². The molecule has 0 aromatic heterocycles. The number of carbonyl (C=O) groups excluding carboxylic acids is 2. The molecule has 4 heteroatoms. The Hall–Kier alpha value is -1.06. The van der Waals surface area contributed by atoms with Crippen molar-refractivity contribution in [1.29, 1.82) is 0 Å². The van der Waals surface area contributed by atoms with Crippen LogP contribution in [0.5, 0.6) is 0 Å². The zero-order valence-electron chi connectivity index (χ0n) is 8.42. The normalized spacial score (nSPS) is 16.6. The van der Waals surface area contributed by atoms with Crippen LogP contribution in [0.1, 0.15) is 32.1 Å². The van der Waals surface area contributed by atoms with Crippen molar-refractivity contribution in [2.75, 3.05) is 13.1 Å². The lowest BCUT2D eigenvalue weighted by Gasteiger charge is -2.09. The molecule has 1 saturated carbocycles. The minimum absolute atomic E-state index is 0.189. The van der Waals surface area contributed by atoms with Gasteiger partial charge in [-0.25, -0.2) is 0 Å². The third-order valence-corrected chi connectivity index (χ3v) is 2.61. The van der Waals surface area contributed by atoms with E-state index in [-0.39, 0.29) is 11.8 Å². The van der Waals surface area contributed by atoms with Gasteiger partial charge in [-0.3, -0.25) is 9.59 Å². The van der Waals surface area contributed by atoms with Crippen molar-refractivity contribution < 1.29 is 9.59 Å². The van der Waals surface area contributed by atoms with Crippen molar-refractivity contribution in [1.82, 2.24) is 10.6 Å². The van der Waals surface area contributed by atoms with Gasteiger partial charge in [0.1, 0.15) is 0 Å². The van der Waals surface area contributed by atoms with Gasteiger partial charge in [-0.05, 0) is 19.3 Å². The SMILES string of the molecule is O=CNCCCNC(=O)C1CCCC1. The van der Waals surface area contributed by atoms with Crippen LogP contribution in [0.4, 0.5) is 0 Å². The highest BCUT2D eigenvalue weighted by molar-refractivity contribution is 5.78. The summed E-state index contributed by atoms with van der Waals surface area (Å²) in [5.74, 6) is 0.433. The molecule has 0 spiro atoms. The van der Waals surface area contributed by atoms with Gasteiger partial charge in [0.25, 0.3) is 0 Å². The highest BCUT2D eigenvalue weighted by atomic mass is 16.2. The van der Waals surface area contributed by atoms with Gasteiger partial charge in [0, 0.05) is 19.0 Å². The maximum Gasteiger partial charge on any atom is 0.223 e. The summed E-state index contributed by atoms with van der Waals surface area (Å²) in [4.78, 5) is 21.4. The second-order valence-electron chi connectivity index (χ2n) is 3.70. The van der Waals surface area contributed by atoms with Gasteiger partial charge in [-0.2, -0.15) is 0 Å². The molecular weight excluding hydrogens is 180 g/mol. The second kappa shape index (κ2) is 6.40. The summed E-state index contributed by atoms with van der Waals surface area (Å²) in [6, 6.07) is 0. The Balaban J connectivity index is 2.00. The molecule has 0 aromatic rings. The minimum Gasteiger partial charge on any atom is -0.359 e. The van der Waals surface area contributed by atoms with Crippen LogP contribution < -0.4 is 10.6 Å². The summed E-state index contributed by atoms with van der Waals surface area (Å²) in [6.45, 7) is 1.30. The molecule has 0 unspecified atom stereocenters. The molecular formula is C10H18N2O2. The lowest BCUT2D eigenvalue weighted by atomic mass is 10.1. The average molecular weight is 198 g/mol. The Bertz CT molecular complexity index is 189. The van der Waals surface area contributed by atoms with Gasteiger partial charge in [0.15, 0.2) is 0 Å². The van der Waals surface area contributed by atoms with Crippen LogP contribution in [0.25, 0.3) is 0 Å². The van der Waals surface area contributed by atoms with Gasteiger partial charge >= 0.3 is 0 Å². The largest absolute Gasteiger partial charge is 0.359 e. The molecule has 2 N–H and O–H groups in total. The molecule has 1 aliphatic rings. The molecule has 2 amide bonds. The van der Waals surface area contributed by atoms with Crippen LogP contribution in [-0.4, -0.2) is 25.4 Å². The van der Waals surface area contributed by atoms with E-state index in [1.807, 2.05) is 0 Å².